The van der Waals surface area contributed by atoms with Gasteiger partial charge in [-0.15, -0.1) is 0 Å². The Morgan fingerprint density at radius 1 is 0.327 bits per heavy atom. The molecule has 244 valence electrons. The van der Waals surface area contributed by atoms with Crippen molar-refractivity contribution >= 4 is 32.7 Å². The third-order valence-electron chi connectivity index (χ3n) is 9.94. The van der Waals surface area contributed by atoms with Crippen molar-refractivity contribution in [1.82, 2.24) is 19.1 Å². The number of benzene rings is 7. The first-order valence-electron chi connectivity index (χ1n) is 17.6. The first kappa shape index (κ1) is 29.8. The van der Waals surface area contributed by atoms with E-state index >= 15 is 0 Å². The Balaban J connectivity index is 1.10. The monoisotopic (exact) mass is 664 g/mol. The number of nitrogens with zero attached hydrogens (tertiary/aromatic N) is 4. The zero-order chi connectivity index (χ0) is 34.4. The van der Waals surface area contributed by atoms with Gasteiger partial charge in [0.25, 0.3) is 0 Å². The molecule has 3 heterocycles. The van der Waals surface area contributed by atoms with Gasteiger partial charge in [0.15, 0.2) is 5.82 Å². The molecule has 0 aliphatic rings. The summed E-state index contributed by atoms with van der Waals surface area (Å²) in [5.74, 6) is 0.706. The van der Waals surface area contributed by atoms with Crippen LogP contribution in [-0.2, 0) is 0 Å². The number of rotatable bonds is 6. The predicted molar refractivity (Wildman–Crippen MR) is 215 cm³/mol. The Bertz CT molecular complexity index is 2770. The van der Waals surface area contributed by atoms with Crippen molar-refractivity contribution < 1.29 is 0 Å². The minimum atomic E-state index is 0.706. The molecule has 0 bridgehead atoms. The van der Waals surface area contributed by atoms with Gasteiger partial charge in [0.2, 0.25) is 0 Å². The molecule has 10 rings (SSSR count). The highest BCUT2D eigenvalue weighted by atomic mass is 15.0. The molecular formula is C48H32N4. The van der Waals surface area contributed by atoms with E-state index in [2.05, 4.69) is 167 Å². The highest BCUT2D eigenvalue weighted by Crippen LogP contribution is 2.36. The molecule has 4 heteroatoms. The van der Waals surface area contributed by atoms with Gasteiger partial charge in [-0.3, -0.25) is 0 Å². The van der Waals surface area contributed by atoms with E-state index in [1.165, 1.54) is 27.2 Å². The van der Waals surface area contributed by atoms with Crippen LogP contribution < -0.4 is 0 Å². The minimum Gasteiger partial charge on any atom is -0.309 e. The van der Waals surface area contributed by atoms with Crippen molar-refractivity contribution in [2.45, 2.75) is 0 Å². The third-order valence-corrected chi connectivity index (χ3v) is 9.94. The molecule has 0 unspecified atom stereocenters. The molecule has 52 heavy (non-hydrogen) atoms. The third kappa shape index (κ3) is 5.09. The molecular weight excluding hydrogens is 633 g/mol. The summed E-state index contributed by atoms with van der Waals surface area (Å²) in [5, 5.41) is 3.71. The Labute approximate surface area is 301 Å². The van der Waals surface area contributed by atoms with Crippen LogP contribution in [0.15, 0.2) is 194 Å². The largest absolute Gasteiger partial charge is 0.309 e. The van der Waals surface area contributed by atoms with E-state index in [4.69, 9.17) is 9.97 Å². The molecule has 7 aromatic carbocycles. The summed E-state index contributed by atoms with van der Waals surface area (Å²) < 4.78 is 4.73. The normalized spacial score (nSPS) is 11.5. The zero-order valence-electron chi connectivity index (χ0n) is 28.3. The van der Waals surface area contributed by atoms with Crippen molar-refractivity contribution in [2.24, 2.45) is 0 Å². The first-order chi connectivity index (χ1) is 25.8. The lowest BCUT2D eigenvalue weighted by Gasteiger charge is -2.15. The highest BCUT2D eigenvalue weighted by Gasteiger charge is 2.17. The lowest BCUT2D eigenvalue weighted by Crippen LogP contribution is -1.99. The number of aromatic nitrogens is 4. The number of fused-ring (bicyclic) bond motifs is 4. The van der Waals surface area contributed by atoms with Crippen LogP contribution >= 0.6 is 0 Å². The van der Waals surface area contributed by atoms with Crippen molar-refractivity contribution in [1.29, 1.82) is 0 Å². The van der Waals surface area contributed by atoms with Gasteiger partial charge in [-0.2, -0.15) is 0 Å². The Hall–Kier alpha value is -7.04. The van der Waals surface area contributed by atoms with Gasteiger partial charge in [0, 0.05) is 44.2 Å². The minimum absolute atomic E-state index is 0.706. The number of hydrogen-bond acceptors (Lipinski definition) is 2. The second-order valence-electron chi connectivity index (χ2n) is 13.1. The molecule has 0 aliphatic heterocycles. The summed E-state index contributed by atoms with van der Waals surface area (Å²) in [6.07, 6.45) is 0. The van der Waals surface area contributed by atoms with E-state index < -0.39 is 0 Å². The van der Waals surface area contributed by atoms with E-state index in [-0.39, 0.29) is 0 Å². The smallest absolute Gasteiger partial charge is 0.160 e. The maximum atomic E-state index is 5.12. The van der Waals surface area contributed by atoms with Gasteiger partial charge in [0.1, 0.15) is 0 Å². The molecule has 0 fully saturated rings. The Morgan fingerprint density at radius 2 is 0.885 bits per heavy atom. The lowest BCUT2D eigenvalue weighted by molar-refractivity contribution is 1.13. The average molecular weight is 665 g/mol. The topological polar surface area (TPSA) is 35.6 Å². The second-order valence-corrected chi connectivity index (χ2v) is 13.1. The summed E-state index contributed by atoms with van der Waals surface area (Å²) in [6.45, 7) is 0. The lowest BCUT2D eigenvalue weighted by atomic mass is 10.1. The molecule has 0 atom stereocenters. The van der Waals surface area contributed by atoms with E-state index in [1.807, 2.05) is 36.4 Å². The van der Waals surface area contributed by atoms with Crippen LogP contribution in [0.4, 0.5) is 0 Å². The van der Waals surface area contributed by atoms with Gasteiger partial charge in [-0.25, -0.2) is 9.97 Å². The van der Waals surface area contributed by atoms with Crippen molar-refractivity contribution in [3.8, 4) is 56.5 Å². The Morgan fingerprint density at radius 3 is 1.58 bits per heavy atom. The fourth-order valence-electron chi connectivity index (χ4n) is 7.50. The highest BCUT2D eigenvalue weighted by molar-refractivity contribution is 6.09. The van der Waals surface area contributed by atoms with Crippen molar-refractivity contribution in [2.75, 3.05) is 0 Å². The van der Waals surface area contributed by atoms with Gasteiger partial charge < -0.3 is 9.13 Å². The van der Waals surface area contributed by atoms with Gasteiger partial charge in [-0.05, 0) is 60.2 Å². The molecule has 0 amide bonds. The molecule has 0 aliphatic carbocycles. The SMILES string of the molecule is c1ccc(-c2cc(-c3cccc(-n4c(-c5ccc(-n6c7ccccc7c7ccccc76)cc5)cc5ccccc54)c3)nc(-c3ccccc3)n2)cc1. The molecule has 0 saturated carbocycles. The van der Waals surface area contributed by atoms with Crippen LogP contribution in [0.25, 0.3) is 89.2 Å². The van der Waals surface area contributed by atoms with Gasteiger partial charge >= 0.3 is 0 Å². The molecule has 0 spiro atoms. The molecule has 0 N–H and O–H groups in total. The first-order valence-corrected chi connectivity index (χ1v) is 17.6. The van der Waals surface area contributed by atoms with Crippen molar-refractivity contribution in [3.63, 3.8) is 0 Å². The van der Waals surface area contributed by atoms with Gasteiger partial charge in [-0.1, -0.05) is 140 Å². The predicted octanol–water partition coefficient (Wildman–Crippen LogP) is 12.2. The quantitative estimate of drug-likeness (QED) is 0.177. The standard InChI is InChI=1S/C48H32N4/c1-3-14-33(15-4-1)42-32-43(50-48(49-42)35-16-5-2-6-17-35)36-19-13-20-39(30-36)52-44-23-10-7-18-37(44)31-47(52)34-26-28-38(29-27-34)51-45-24-11-8-21-40(45)41-22-9-12-25-46(41)51/h1-32H. The van der Waals surface area contributed by atoms with E-state index in [1.54, 1.807) is 0 Å². The second kappa shape index (κ2) is 12.4. The summed E-state index contributed by atoms with van der Waals surface area (Å²) >= 11 is 0. The Kier molecular flexibility index (Phi) is 7.10. The number of hydrogen-bond donors (Lipinski definition) is 0. The molecule has 3 aromatic heterocycles. The fraction of sp³-hybridized carbons (Fsp3) is 0. The number of para-hydroxylation sites is 3. The molecule has 0 saturated heterocycles. The average Bonchev–Trinajstić information content (AvgIpc) is 3.78. The summed E-state index contributed by atoms with van der Waals surface area (Å²) in [7, 11) is 0. The maximum Gasteiger partial charge on any atom is 0.160 e. The van der Waals surface area contributed by atoms with E-state index in [9.17, 15) is 0 Å². The van der Waals surface area contributed by atoms with Crippen LogP contribution in [0.5, 0.6) is 0 Å². The van der Waals surface area contributed by atoms with Crippen molar-refractivity contribution in [3.05, 3.63) is 194 Å². The van der Waals surface area contributed by atoms with Crippen LogP contribution in [0.1, 0.15) is 0 Å². The summed E-state index contributed by atoms with van der Waals surface area (Å²) in [6, 6.07) is 68.5. The van der Waals surface area contributed by atoms with Crippen LogP contribution in [0.3, 0.4) is 0 Å². The van der Waals surface area contributed by atoms with Crippen LogP contribution in [0.2, 0.25) is 0 Å². The molecule has 0 radical (unpaired) electrons. The van der Waals surface area contributed by atoms with Gasteiger partial charge in [0.05, 0.1) is 33.6 Å². The van der Waals surface area contributed by atoms with Crippen LogP contribution in [-0.4, -0.2) is 19.1 Å². The fourth-order valence-corrected chi connectivity index (χ4v) is 7.50. The molecule has 10 aromatic rings. The zero-order valence-corrected chi connectivity index (χ0v) is 28.3. The maximum absolute atomic E-state index is 5.12. The van der Waals surface area contributed by atoms with E-state index in [0.29, 0.717) is 5.82 Å². The summed E-state index contributed by atoms with van der Waals surface area (Å²) in [5.41, 5.74) is 12.9. The molecule has 4 nitrogen and oxygen atoms in total. The van der Waals surface area contributed by atoms with Crippen LogP contribution in [0, 0.1) is 0 Å². The summed E-state index contributed by atoms with van der Waals surface area (Å²) in [4.78, 5) is 10.1. The van der Waals surface area contributed by atoms with E-state index in [0.717, 1.165) is 56.2 Å².